The third-order valence-corrected chi connectivity index (χ3v) is 10.6. The largest absolute Gasteiger partial charge is 0.508 e. The van der Waals surface area contributed by atoms with Crippen LogP contribution in [0.2, 0.25) is 0 Å². The van der Waals surface area contributed by atoms with Crippen LogP contribution in [0.3, 0.4) is 0 Å². The van der Waals surface area contributed by atoms with E-state index in [0.29, 0.717) is 24.2 Å². The van der Waals surface area contributed by atoms with Crippen molar-refractivity contribution < 1.29 is 63.6 Å². The molecule has 1 fully saturated rings. The van der Waals surface area contributed by atoms with Gasteiger partial charge in [-0.25, -0.2) is 4.79 Å². The summed E-state index contributed by atoms with van der Waals surface area (Å²) in [6.07, 6.45) is 1.80. The molecule has 1 heterocycles. The van der Waals surface area contributed by atoms with E-state index in [-0.39, 0.29) is 37.5 Å². The Balaban J connectivity index is 2.23. The molecule has 21 nitrogen and oxygen atoms in total. The molecule has 1 aliphatic heterocycles. The predicted molar refractivity (Wildman–Crippen MR) is 226 cm³/mol. The molecule has 0 radical (unpaired) electrons. The monoisotopic (exact) mass is 894 g/mol. The Bertz CT molecular complexity index is 1750. The minimum absolute atomic E-state index is 0.0838. The number of likely N-dealkylation sites (tertiary alicyclic amines) is 1. The van der Waals surface area contributed by atoms with Gasteiger partial charge >= 0.3 is 11.9 Å². The Kier molecular flexibility index (Phi) is 21.6. The zero-order valence-electron chi connectivity index (χ0n) is 35.8. The normalized spacial score (nSPS) is 17.1. The van der Waals surface area contributed by atoms with Crippen molar-refractivity contribution in [1.29, 1.82) is 0 Å². The van der Waals surface area contributed by atoms with Crippen molar-refractivity contribution in [3.05, 3.63) is 29.8 Å². The number of carbonyl (C=O) groups is 9. The summed E-state index contributed by atoms with van der Waals surface area (Å²) in [4.78, 5) is 118. The molecule has 0 spiro atoms. The first kappa shape index (κ1) is 52.7. The first-order valence-electron chi connectivity index (χ1n) is 20.3. The number of benzene rings is 1. The lowest BCUT2D eigenvalue weighted by atomic mass is 9.99. The average molecular weight is 895 g/mol. The number of amides is 7. The number of nitrogens with two attached hydrogens (primary N) is 1. The molecule has 62 heavy (non-hydrogen) atoms. The summed E-state index contributed by atoms with van der Waals surface area (Å²) in [7, 11) is 0. The highest BCUT2D eigenvalue weighted by Gasteiger charge is 2.39. The number of thioether (sulfide) groups is 1. The van der Waals surface area contributed by atoms with Crippen molar-refractivity contribution >= 4 is 65.1 Å². The number of phenolic OH excluding ortho intramolecular Hbond substituents is 1. The van der Waals surface area contributed by atoms with E-state index in [9.17, 15) is 58.5 Å². The number of aromatic hydroxyl groups is 1. The molecule has 1 aromatic carbocycles. The second-order valence-corrected chi connectivity index (χ2v) is 16.9. The van der Waals surface area contributed by atoms with E-state index in [0.717, 1.165) is 0 Å². The minimum Gasteiger partial charge on any atom is -0.508 e. The van der Waals surface area contributed by atoms with Gasteiger partial charge in [0.25, 0.3) is 0 Å². The Morgan fingerprint density at radius 3 is 1.90 bits per heavy atom. The fourth-order valence-electron chi connectivity index (χ4n) is 6.52. The number of carbonyl (C=O) groups excluding carboxylic acids is 7. The van der Waals surface area contributed by atoms with Gasteiger partial charge < -0.3 is 63.0 Å². The molecule has 2 rings (SSSR count). The highest BCUT2D eigenvalue weighted by molar-refractivity contribution is 7.98. The standard InChI is InChI=1S/C40H62N8O13S/c1-20(2)16-27(45-34(54)26(13-15-62-6)43-37(57)30-8-7-14-48(30)39(59)25(41)19-49)36(56)47-32(21(3)4)38(58)42-22(5)33(53)44-28(17-23-9-11-24(50)12-10-23)35(55)46-29(40(60)61)18-31(51)52/h9-12,20-22,25-30,32,49-50H,7-8,13-19,41H2,1-6H3,(H,42,58)(H,43,57)(H,44,53)(H,45,54)(H,46,55)(H,47,56)(H,51,52)(H,60,61)/t22-,25-,26-,27-,28-,29-,30-,32-/m0/s1. The van der Waals surface area contributed by atoms with Gasteiger partial charge in [0.15, 0.2) is 0 Å². The molecule has 8 atom stereocenters. The third-order valence-electron chi connectivity index (χ3n) is 9.94. The Morgan fingerprint density at radius 2 is 1.35 bits per heavy atom. The number of aliphatic hydroxyl groups excluding tert-OH is 1. The van der Waals surface area contributed by atoms with Gasteiger partial charge in [-0.2, -0.15) is 11.8 Å². The Morgan fingerprint density at radius 1 is 0.774 bits per heavy atom. The number of carboxylic acid groups (broad SMARTS) is 2. The summed E-state index contributed by atoms with van der Waals surface area (Å²) in [5, 5.41) is 52.8. The smallest absolute Gasteiger partial charge is 0.326 e. The third kappa shape index (κ3) is 16.8. The second kappa shape index (κ2) is 25.5. The van der Waals surface area contributed by atoms with Gasteiger partial charge in [-0.1, -0.05) is 39.8 Å². The van der Waals surface area contributed by atoms with Crippen LogP contribution in [0, 0.1) is 11.8 Å². The lowest BCUT2D eigenvalue weighted by Gasteiger charge is -2.30. The molecular formula is C40H62N8O13S. The van der Waals surface area contributed by atoms with Crippen molar-refractivity contribution in [1.82, 2.24) is 36.8 Å². The molecule has 12 N–H and O–H groups in total. The topological polar surface area (TPSA) is 336 Å². The number of hydrogen-bond donors (Lipinski definition) is 11. The van der Waals surface area contributed by atoms with Crippen LogP contribution in [-0.2, 0) is 49.6 Å². The number of nitrogens with one attached hydrogen (secondary N) is 6. The molecule has 7 amide bonds. The summed E-state index contributed by atoms with van der Waals surface area (Å²) in [5.41, 5.74) is 6.16. The van der Waals surface area contributed by atoms with Gasteiger partial charge in [0, 0.05) is 13.0 Å². The quantitative estimate of drug-likeness (QED) is 0.0515. The number of rotatable bonds is 25. The Labute approximate surface area is 364 Å². The maximum Gasteiger partial charge on any atom is 0.326 e. The van der Waals surface area contributed by atoms with Gasteiger partial charge in [-0.15, -0.1) is 0 Å². The summed E-state index contributed by atoms with van der Waals surface area (Å²) in [6, 6.07) is -4.69. The molecule has 22 heteroatoms. The molecule has 1 saturated heterocycles. The van der Waals surface area contributed by atoms with Crippen molar-refractivity contribution in [3.8, 4) is 5.75 Å². The van der Waals surface area contributed by atoms with Gasteiger partial charge in [0.1, 0.15) is 54.1 Å². The number of aliphatic hydroxyl groups is 1. The van der Waals surface area contributed by atoms with Gasteiger partial charge in [-0.3, -0.25) is 38.4 Å². The van der Waals surface area contributed by atoms with Crippen molar-refractivity contribution in [2.75, 3.05) is 25.2 Å². The number of hydrogen-bond acceptors (Lipinski definition) is 13. The van der Waals surface area contributed by atoms with E-state index < -0.39 is 121 Å². The van der Waals surface area contributed by atoms with Gasteiger partial charge in [0.2, 0.25) is 41.4 Å². The molecule has 0 bridgehead atoms. The highest BCUT2D eigenvalue weighted by atomic mass is 32.2. The number of aliphatic carboxylic acids is 2. The van der Waals surface area contributed by atoms with Crippen molar-refractivity contribution in [2.45, 2.75) is 121 Å². The molecule has 0 aliphatic carbocycles. The lowest BCUT2D eigenvalue weighted by molar-refractivity contribution is -0.147. The average Bonchev–Trinajstić information content (AvgIpc) is 3.70. The van der Waals surface area contributed by atoms with Crippen molar-refractivity contribution in [3.63, 3.8) is 0 Å². The number of nitrogens with zero attached hydrogens (tertiary/aromatic N) is 1. The van der Waals surface area contributed by atoms with E-state index >= 15 is 0 Å². The van der Waals surface area contributed by atoms with E-state index in [1.54, 1.807) is 13.8 Å². The van der Waals surface area contributed by atoms with Crippen LogP contribution in [0.15, 0.2) is 24.3 Å². The summed E-state index contributed by atoms with van der Waals surface area (Å²) < 4.78 is 0. The van der Waals surface area contributed by atoms with Crippen molar-refractivity contribution in [2.24, 2.45) is 17.6 Å². The van der Waals surface area contributed by atoms with E-state index in [4.69, 9.17) is 10.8 Å². The maximum atomic E-state index is 13.9. The van der Waals surface area contributed by atoms with Crippen LogP contribution in [0.5, 0.6) is 5.75 Å². The maximum absolute atomic E-state index is 13.9. The summed E-state index contributed by atoms with van der Waals surface area (Å²) in [6.45, 7) is 7.86. The lowest BCUT2D eigenvalue weighted by Crippen LogP contribution is -2.60. The zero-order valence-corrected chi connectivity index (χ0v) is 36.7. The van der Waals surface area contributed by atoms with Gasteiger partial charge in [-0.05, 0) is 74.1 Å². The highest BCUT2D eigenvalue weighted by Crippen LogP contribution is 2.19. The van der Waals surface area contributed by atoms with E-state index in [2.05, 4.69) is 31.9 Å². The molecule has 346 valence electrons. The van der Waals surface area contributed by atoms with Crippen LogP contribution in [0.1, 0.15) is 72.3 Å². The van der Waals surface area contributed by atoms with Crippen LogP contribution in [-0.4, -0.2) is 152 Å². The fraction of sp³-hybridized carbons (Fsp3) is 0.625. The van der Waals surface area contributed by atoms with Crippen LogP contribution in [0.4, 0.5) is 0 Å². The van der Waals surface area contributed by atoms with Gasteiger partial charge in [0.05, 0.1) is 13.0 Å². The molecule has 0 unspecified atom stereocenters. The molecule has 0 saturated carbocycles. The molecule has 0 aromatic heterocycles. The fourth-order valence-corrected chi connectivity index (χ4v) is 6.99. The number of phenols is 1. The van der Waals surface area contributed by atoms with E-state index in [1.165, 1.54) is 47.9 Å². The Hall–Kier alpha value is -5.48. The van der Waals surface area contributed by atoms with Crippen LogP contribution in [0.25, 0.3) is 0 Å². The first-order valence-corrected chi connectivity index (χ1v) is 21.7. The SMILES string of the molecule is CSCC[C@H](NC(=O)[C@@H]1CCCN1C(=O)[C@@H](N)CO)C(=O)N[C@@H](CC(C)C)C(=O)N[C@H](C(=O)N[C@@H](C)C(=O)N[C@@H](Cc1ccc(O)cc1)C(=O)N[C@@H](CC(=O)O)C(=O)O)C(C)C. The first-order chi connectivity index (χ1) is 29.1. The number of carboxylic acids is 2. The molecular weight excluding hydrogens is 833 g/mol. The van der Waals surface area contributed by atoms with Crippen LogP contribution < -0.4 is 37.6 Å². The minimum atomic E-state index is -1.83. The van der Waals surface area contributed by atoms with E-state index in [1.807, 2.05) is 20.1 Å². The summed E-state index contributed by atoms with van der Waals surface area (Å²) in [5.74, 6) is -8.71. The molecule has 1 aromatic rings. The predicted octanol–water partition coefficient (Wildman–Crippen LogP) is -1.81. The second-order valence-electron chi connectivity index (χ2n) is 15.9. The van der Waals surface area contributed by atoms with Crippen LogP contribution >= 0.6 is 11.8 Å². The molecule has 1 aliphatic rings. The summed E-state index contributed by atoms with van der Waals surface area (Å²) >= 11 is 1.43. The zero-order chi connectivity index (χ0) is 46.8.